The minimum atomic E-state index is -0.606. The van der Waals surface area contributed by atoms with Crippen molar-refractivity contribution in [1.82, 2.24) is 15.0 Å². The summed E-state index contributed by atoms with van der Waals surface area (Å²) in [5.74, 6) is 0.387. The highest BCUT2D eigenvalue weighted by Gasteiger charge is 2.16. The van der Waals surface area contributed by atoms with Crippen LogP contribution in [0.5, 0.6) is 5.75 Å². The molecule has 0 radical (unpaired) electrons. The fraction of sp³-hybridized carbons (Fsp3) is 0.0714. The maximum atomic E-state index is 10.9. The number of nitrogen functional groups attached to an aromatic ring is 1. The molecule has 8 heteroatoms. The number of ether oxygens (including phenoxy) is 1. The van der Waals surface area contributed by atoms with E-state index >= 15 is 0 Å². The quantitative estimate of drug-likeness (QED) is 0.578. The molecule has 8 nitrogen and oxygen atoms in total. The fourth-order valence-electron chi connectivity index (χ4n) is 1.99. The lowest BCUT2D eigenvalue weighted by atomic mass is 10.2. The molecule has 1 aromatic carbocycles. The van der Waals surface area contributed by atoms with Gasteiger partial charge in [0.25, 0.3) is 0 Å². The highest BCUT2D eigenvalue weighted by Crippen LogP contribution is 2.24. The minimum absolute atomic E-state index is 0.0401. The van der Waals surface area contributed by atoms with E-state index in [1.165, 1.54) is 12.3 Å². The number of para-hydroxylation sites is 1. The Morgan fingerprint density at radius 2 is 2.00 bits per heavy atom. The molecule has 2 aromatic heterocycles. The van der Waals surface area contributed by atoms with Gasteiger partial charge >= 0.3 is 5.82 Å². The molecule has 0 fully saturated rings. The van der Waals surface area contributed by atoms with E-state index in [1.807, 2.05) is 24.3 Å². The van der Waals surface area contributed by atoms with Crippen LogP contribution in [0.3, 0.4) is 0 Å². The molecular formula is C14H11N5O3. The van der Waals surface area contributed by atoms with Gasteiger partial charge < -0.3 is 20.6 Å². The SMILES string of the molecule is Nc1nc(COc2cccnc2[N+](=O)[O-])nc2ccccc12. The minimum Gasteiger partial charge on any atom is -0.477 e. The molecule has 0 atom stereocenters. The van der Waals surface area contributed by atoms with Gasteiger partial charge in [0.15, 0.2) is 5.82 Å². The van der Waals surface area contributed by atoms with Crippen LogP contribution in [-0.2, 0) is 6.61 Å². The van der Waals surface area contributed by atoms with E-state index in [0.717, 1.165) is 5.39 Å². The van der Waals surface area contributed by atoms with Gasteiger partial charge in [-0.25, -0.2) is 9.97 Å². The lowest BCUT2D eigenvalue weighted by Gasteiger charge is -2.07. The summed E-state index contributed by atoms with van der Waals surface area (Å²) in [6, 6.07) is 10.3. The van der Waals surface area contributed by atoms with Gasteiger partial charge in [0.1, 0.15) is 18.6 Å². The van der Waals surface area contributed by atoms with Crippen LogP contribution in [-0.4, -0.2) is 19.9 Å². The van der Waals surface area contributed by atoms with Gasteiger partial charge in [0.05, 0.1) is 5.52 Å². The van der Waals surface area contributed by atoms with Gasteiger partial charge in [0, 0.05) is 5.39 Å². The van der Waals surface area contributed by atoms with E-state index in [4.69, 9.17) is 10.5 Å². The third-order valence-electron chi connectivity index (χ3n) is 2.96. The third kappa shape index (κ3) is 2.62. The largest absolute Gasteiger partial charge is 0.477 e. The summed E-state index contributed by atoms with van der Waals surface area (Å²) in [6.07, 6.45) is 1.33. The number of hydrogen-bond donors (Lipinski definition) is 1. The highest BCUT2D eigenvalue weighted by atomic mass is 16.6. The molecule has 0 saturated carbocycles. The second-order valence-corrected chi connectivity index (χ2v) is 4.41. The monoisotopic (exact) mass is 297 g/mol. The Morgan fingerprint density at radius 3 is 2.82 bits per heavy atom. The highest BCUT2D eigenvalue weighted by molar-refractivity contribution is 5.87. The molecule has 0 unspecified atom stereocenters. The molecule has 22 heavy (non-hydrogen) atoms. The van der Waals surface area contributed by atoms with Crippen LogP contribution < -0.4 is 10.5 Å². The van der Waals surface area contributed by atoms with Crippen molar-refractivity contribution in [2.75, 3.05) is 5.73 Å². The lowest BCUT2D eigenvalue weighted by molar-refractivity contribution is -0.390. The Kier molecular flexibility index (Phi) is 3.48. The van der Waals surface area contributed by atoms with Gasteiger partial charge in [-0.05, 0) is 34.2 Å². The zero-order chi connectivity index (χ0) is 15.5. The van der Waals surface area contributed by atoms with Crippen LogP contribution in [0.2, 0.25) is 0 Å². The second-order valence-electron chi connectivity index (χ2n) is 4.41. The van der Waals surface area contributed by atoms with E-state index in [0.29, 0.717) is 17.2 Å². The van der Waals surface area contributed by atoms with Crippen LogP contribution in [0.4, 0.5) is 11.6 Å². The smallest absolute Gasteiger partial charge is 0.406 e. The summed E-state index contributed by atoms with van der Waals surface area (Å²) < 4.78 is 5.40. The molecule has 110 valence electrons. The predicted octanol–water partition coefficient (Wildman–Crippen LogP) is 2.09. The van der Waals surface area contributed by atoms with Crippen molar-refractivity contribution in [3.05, 3.63) is 58.5 Å². The average Bonchev–Trinajstić information content (AvgIpc) is 2.53. The number of pyridine rings is 1. The Bertz CT molecular complexity index is 853. The first-order chi connectivity index (χ1) is 10.6. The molecule has 0 aliphatic carbocycles. The van der Waals surface area contributed by atoms with Crippen molar-refractivity contribution in [2.45, 2.75) is 6.61 Å². The van der Waals surface area contributed by atoms with E-state index < -0.39 is 4.92 Å². The molecule has 0 aliphatic rings. The average molecular weight is 297 g/mol. The van der Waals surface area contributed by atoms with E-state index in [2.05, 4.69) is 15.0 Å². The fourth-order valence-corrected chi connectivity index (χ4v) is 1.99. The number of rotatable bonds is 4. The van der Waals surface area contributed by atoms with Crippen LogP contribution in [0.1, 0.15) is 5.82 Å². The number of hydrogen-bond acceptors (Lipinski definition) is 7. The van der Waals surface area contributed by atoms with Crippen LogP contribution in [0.15, 0.2) is 42.6 Å². The lowest BCUT2D eigenvalue weighted by Crippen LogP contribution is -2.06. The van der Waals surface area contributed by atoms with Gasteiger partial charge in [-0.1, -0.05) is 12.1 Å². The number of nitrogens with zero attached hydrogens (tertiary/aromatic N) is 4. The predicted molar refractivity (Wildman–Crippen MR) is 79.2 cm³/mol. The summed E-state index contributed by atoms with van der Waals surface area (Å²) >= 11 is 0. The first kappa shape index (κ1) is 13.7. The zero-order valence-corrected chi connectivity index (χ0v) is 11.3. The summed E-state index contributed by atoms with van der Waals surface area (Å²) in [5.41, 5.74) is 6.57. The zero-order valence-electron chi connectivity index (χ0n) is 11.3. The molecule has 3 aromatic rings. The number of nitro groups is 1. The van der Waals surface area contributed by atoms with Crippen LogP contribution in [0, 0.1) is 10.1 Å². The molecule has 0 saturated heterocycles. The van der Waals surface area contributed by atoms with Gasteiger partial charge in [-0.2, -0.15) is 0 Å². The van der Waals surface area contributed by atoms with Crippen molar-refractivity contribution in [3.8, 4) is 5.75 Å². The Labute approximate surface area is 124 Å². The van der Waals surface area contributed by atoms with Crippen LogP contribution >= 0.6 is 0 Å². The molecule has 3 rings (SSSR count). The third-order valence-corrected chi connectivity index (χ3v) is 2.96. The molecule has 0 aliphatic heterocycles. The normalized spacial score (nSPS) is 10.5. The van der Waals surface area contributed by atoms with E-state index in [-0.39, 0.29) is 18.2 Å². The molecule has 2 heterocycles. The van der Waals surface area contributed by atoms with E-state index in [1.54, 1.807) is 6.07 Å². The summed E-state index contributed by atoms with van der Waals surface area (Å²) in [5, 5.41) is 11.6. The Morgan fingerprint density at radius 1 is 1.18 bits per heavy atom. The molecule has 2 N–H and O–H groups in total. The maximum Gasteiger partial charge on any atom is 0.406 e. The standard InChI is InChI=1S/C14H11N5O3/c15-13-9-4-1-2-5-10(9)17-12(18-13)8-22-11-6-3-7-16-14(11)19(20)21/h1-7H,8H2,(H2,15,17,18). The van der Waals surface area contributed by atoms with Crippen molar-refractivity contribution in [1.29, 1.82) is 0 Å². The topological polar surface area (TPSA) is 117 Å². The van der Waals surface area contributed by atoms with Crippen molar-refractivity contribution >= 4 is 22.5 Å². The molecular weight excluding hydrogens is 286 g/mol. The van der Waals surface area contributed by atoms with Crippen molar-refractivity contribution < 1.29 is 9.66 Å². The number of fused-ring (bicyclic) bond motifs is 1. The molecule has 0 spiro atoms. The first-order valence-corrected chi connectivity index (χ1v) is 6.38. The first-order valence-electron chi connectivity index (χ1n) is 6.38. The van der Waals surface area contributed by atoms with Crippen molar-refractivity contribution in [2.24, 2.45) is 0 Å². The maximum absolute atomic E-state index is 10.9. The Hall–Kier alpha value is -3.29. The number of aromatic nitrogens is 3. The van der Waals surface area contributed by atoms with E-state index in [9.17, 15) is 10.1 Å². The van der Waals surface area contributed by atoms with Gasteiger partial charge in [-0.15, -0.1) is 0 Å². The van der Waals surface area contributed by atoms with Gasteiger partial charge in [-0.3, -0.25) is 0 Å². The van der Waals surface area contributed by atoms with Crippen LogP contribution in [0.25, 0.3) is 10.9 Å². The summed E-state index contributed by atoms with van der Waals surface area (Å²) in [7, 11) is 0. The molecule has 0 amide bonds. The van der Waals surface area contributed by atoms with Gasteiger partial charge in [0.2, 0.25) is 5.75 Å². The number of anilines is 1. The molecule has 0 bridgehead atoms. The number of benzene rings is 1. The van der Waals surface area contributed by atoms with Crippen molar-refractivity contribution in [3.63, 3.8) is 0 Å². The Balaban J connectivity index is 1.87. The second kappa shape index (κ2) is 5.60. The summed E-state index contributed by atoms with van der Waals surface area (Å²) in [6.45, 7) is -0.0401. The summed E-state index contributed by atoms with van der Waals surface area (Å²) in [4.78, 5) is 22.4. The number of nitrogens with two attached hydrogens (primary N) is 1.